The molecule has 1 heterocycles. The topological polar surface area (TPSA) is 12.9 Å². The highest BCUT2D eigenvalue weighted by Gasteiger charge is 2.39. The van der Waals surface area contributed by atoms with Gasteiger partial charge in [-0.1, -0.05) is 105 Å². The molecule has 1 nitrogen and oxygen atoms in total. The zero-order valence-corrected chi connectivity index (χ0v) is 18.7. The van der Waals surface area contributed by atoms with Gasteiger partial charge in [-0.25, -0.2) is 0 Å². The van der Waals surface area contributed by atoms with Crippen molar-refractivity contribution in [2.75, 3.05) is 0 Å². The second-order valence-corrected chi connectivity index (χ2v) is 9.88. The van der Waals surface area contributed by atoms with E-state index in [1.165, 1.54) is 60.8 Å². The van der Waals surface area contributed by atoms with E-state index in [2.05, 4.69) is 67.6 Å². The summed E-state index contributed by atoms with van der Waals surface area (Å²) >= 11 is 0. The fourth-order valence-electron chi connectivity index (χ4n) is 5.96. The number of benzene rings is 2. The van der Waals surface area contributed by atoms with Gasteiger partial charge in [0.25, 0.3) is 0 Å². The lowest BCUT2D eigenvalue weighted by Gasteiger charge is -2.30. The van der Waals surface area contributed by atoms with Gasteiger partial charge >= 0.3 is 0 Å². The van der Waals surface area contributed by atoms with Gasteiger partial charge in [0.1, 0.15) is 0 Å². The maximum Gasteiger partial charge on any atom is 0.0810 e. The van der Waals surface area contributed by atoms with Gasteiger partial charge in [-0.3, -0.25) is 4.98 Å². The lowest BCUT2D eigenvalue weighted by Crippen LogP contribution is -2.24. The first kappa shape index (κ1) is 20.6. The first-order chi connectivity index (χ1) is 15.1. The third kappa shape index (κ3) is 4.22. The van der Waals surface area contributed by atoms with E-state index in [1.807, 2.05) is 6.20 Å². The number of hydrogen-bond donors (Lipinski definition) is 0. The standard InChI is InChI=1S/C29H32BN/c1-21-7-5-6-10-27(21)28-16-13-25(20-31-28)23-11-14-26(15-12-23)29(30)18-17-24(19-29)22-8-3-2-4-9-22/h5-7,10-16,20,22,24H,2-4,8-9,17-19H2,1H3. The second-order valence-electron chi connectivity index (χ2n) is 9.88. The van der Waals surface area contributed by atoms with Crippen molar-refractivity contribution in [2.24, 2.45) is 11.8 Å². The minimum Gasteiger partial charge on any atom is -0.256 e. The van der Waals surface area contributed by atoms with Gasteiger partial charge in [-0.2, -0.15) is 0 Å². The lowest BCUT2D eigenvalue weighted by molar-refractivity contribution is 0.248. The summed E-state index contributed by atoms with van der Waals surface area (Å²) in [6.07, 6.45) is 12.7. The summed E-state index contributed by atoms with van der Waals surface area (Å²) in [5.74, 6) is 1.74. The largest absolute Gasteiger partial charge is 0.256 e. The van der Waals surface area contributed by atoms with E-state index < -0.39 is 0 Å². The van der Waals surface area contributed by atoms with Gasteiger partial charge in [-0.15, -0.1) is 0 Å². The molecule has 2 saturated carbocycles. The van der Waals surface area contributed by atoms with Crippen LogP contribution in [0.4, 0.5) is 0 Å². The van der Waals surface area contributed by atoms with Crippen LogP contribution in [-0.4, -0.2) is 12.8 Å². The molecule has 0 saturated heterocycles. The Kier molecular flexibility index (Phi) is 5.74. The smallest absolute Gasteiger partial charge is 0.0810 e. The summed E-state index contributed by atoms with van der Waals surface area (Å²) in [5, 5.41) is -0.145. The number of pyridine rings is 1. The van der Waals surface area contributed by atoms with E-state index in [-0.39, 0.29) is 5.31 Å². The summed E-state index contributed by atoms with van der Waals surface area (Å²) in [5.41, 5.74) is 7.14. The quantitative estimate of drug-likeness (QED) is 0.410. The molecule has 2 atom stereocenters. The molecule has 5 rings (SSSR count). The van der Waals surface area contributed by atoms with Crippen molar-refractivity contribution >= 4 is 7.85 Å². The summed E-state index contributed by atoms with van der Waals surface area (Å²) < 4.78 is 0. The van der Waals surface area contributed by atoms with Crippen LogP contribution in [0.5, 0.6) is 0 Å². The van der Waals surface area contributed by atoms with Gasteiger partial charge < -0.3 is 0 Å². The van der Waals surface area contributed by atoms with Crippen LogP contribution >= 0.6 is 0 Å². The van der Waals surface area contributed by atoms with Crippen molar-refractivity contribution in [2.45, 2.75) is 63.6 Å². The van der Waals surface area contributed by atoms with Crippen LogP contribution in [0.25, 0.3) is 22.4 Å². The molecule has 0 aliphatic heterocycles. The van der Waals surface area contributed by atoms with Crippen LogP contribution in [0, 0.1) is 18.8 Å². The van der Waals surface area contributed by atoms with Gasteiger partial charge in [0.05, 0.1) is 13.5 Å². The average molecular weight is 405 g/mol. The molecule has 0 amide bonds. The van der Waals surface area contributed by atoms with Crippen LogP contribution in [0.1, 0.15) is 62.5 Å². The van der Waals surface area contributed by atoms with Gasteiger partial charge in [-0.05, 0) is 47.7 Å². The van der Waals surface area contributed by atoms with E-state index in [9.17, 15) is 0 Å². The maximum absolute atomic E-state index is 6.95. The number of nitrogens with zero attached hydrogens (tertiary/aromatic N) is 1. The number of aryl methyl sites for hydroxylation is 1. The minimum absolute atomic E-state index is 0.145. The molecular weight excluding hydrogens is 373 g/mol. The Bertz CT molecular complexity index is 1020. The predicted molar refractivity (Wildman–Crippen MR) is 131 cm³/mol. The molecule has 2 aliphatic rings. The summed E-state index contributed by atoms with van der Waals surface area (Å²) in [6.45, 7) is 2.13. The number of aromatic nitrogens is 1. The zero-order chi connectivity index (χ0) is 21.3. The third-order valence-corrected chi connectivity index (χ3v) is 7.88. The van der Waals surface area contributed by atoms with Crippen molar-refractivity contribution in [3.63, 3.8) is 0 Å². The van der Waals surface area contributed by atoms with Gasteiger partial charge in [0.15, 0.2) is 0 Å². The predicted octanol–water partition coefficient (Wildman–Crippen LogP) is 7.47. The molecule has 0 N–H and O–H groups in total. The summed E-state index contributed by atoms with van der Waals surface area (Å²) in [4.78, 5) is 4.74. The molecule has 2 fully saturated rings. The number of rotatable bonds is 4. The highest BCUT2D eigenvalue weighted by atomic mass is 14.7. The Morgan fingerprint density at radius 1 is 0.806 bits per heavy atom. The van der Waals surface area contributed by atoms with Crippen LogP contribution in [0.2, 0.25) is 0 Å². The molecule has 2 aromatic carbocycles. The van der Waals surface area contributed by atoms with E-state index in [1.54, 1.807) is 0 Å². The van der Waals surface area contributed by atoms with E-state index in [0.717, 1.165) is 35.9 Å². The highest BCUT2D eigenvalue weighted by molar-refractivity contribution is 6.16. The molecule has 0 spiro atoms. The molecular formula is C29H32BN. The third-order valence-electron chi connectivity index (χ3n) is 7.88. The zero-order valence-electron chi connectivity index (χ0n) is 18.7. The summed E-state index contributed by atoms with van der Waals surface area (Å²) in [7, 11) is 6.95. The van der Waals surface area contributed by atoms with E-state index in [0.29, 0.717) is 0 Å². The molecule has 0 bridgehead atoms. The normalized spacial score (nSPS) is 24.4. The van der Waals surface area contributed by atoms with Crippen LogP contribution in [0.15, 0.2) is 66.9 Å². The van der Waals surface area contributed by atoms with E-state index >= 15 is 0 Å². The average Bonchev–Trinajstić information content (AvgIpc) is 3.24. The van der Waals surface area contributed by atoms with Gasteiger partial charge in [0, 0.05) is 17.3 Å². The summed E-state index contributed by atoms with van der Waals surface area (Å²) in [6, 6.07) is 21.7. The van der Waals surface area contributed by atoms with Crippen molar-refractivity contribution in [3.05, 3.63) is 78.0 Å². The molecule has 31 heavy (non-hydrogen) atoms. The first-order valence-corrected chi connectivity index (χ1v) is 12.0. The van der Waals surface area contributed by atoms with Crippen LogP contribution in [0.3, 0.4) is 0 Å². The molecule has 2 aliphatic carbocycles. The van der Waals surface area contributed by atoms with Crippen LogP contribution in [-0.2, 0) is 5.31 Å². The number of hydrogen-bond acceptors (Lipinski definition) is 1. The lowest BCUT2D eigenvalue weighted by atomic mass is 9.62. The van der Waals surface area contributed by atoms with Crippen molar-refractivity contribution < 1.29 is 0 Å². The molecule has 156 valence electrons. The molecule has 2 heteroatoms. The SMILES string of the molecule is [B]C1(c2ccc(-c3ccc(-c4ccccc4C)nc3)cc2)CCC(C2CCCCC2)C1. The van der Waals surface area contributed by atoms with Crippen molar-refractivity contribution in [3.8, 4) is 22.4 Å². The second kappa shape index (κ2) is 8.65. The Balaban J connectivity index is 1.30. The Labute approximate surface area is 188 Å². The fourth-order valence-corrected chi connectivity index (χ4v) is 5.96. The van der Waals surface area contributed by atoms with Crippen molar-refractivity contribution in [1.29, 1.82) is 0 Å². The highest BCUT2D eigenvalue weighted by Crippen LogP contribution is 2.48. The Morgan fingerprint density at radius 3 is 2.26 bits per heavy atom. The van der Waals surface area contributed by atoms with Crippen molar-refractivity contribution in [1.82, 2.24) is 4.98 Å². The maximum atomic E-state index is 6.95. The molecule has 1 aromatic heterocycles. The molecule has 2 radical (unpaired) electrons. The fraction of sp³-hybridized carbons (Fsp3) is 0.414. The molecule has 3 aromatic rings. The van der Waals surface area contributed by atoms with Gasteiger partial charge in [0.2, 0.25) is 0 Å². The first-order valence-electron chi connectivity index (χ1n) is 12.0. The molecule has 2 unspecified atom stereocenters. The van der Waals surface area contributed by atoms with Crippen LogP contribution < -0.4 is 0 Å². The monoisotopic (exact) mass is 405 g/mol. The minimum atomic E-state index is -0.145. The Hall–Kier alpha value is -2.35. The Morgan fingerprint density at radius 2 is 1.55 bits per heavy atom. The van der Waals surface area contributed by atoms with E-state index in [4.69, 9.17) is 12.8 Å².